The molecule has 1 aromatic rings. The van der Waals surface area contributed by atoms with Gasteiger partial charge in [-0.15, -0.1) is 11.3 Å². The molecule has 0 aliphatic carbocycles. The van der Waals surface area contributed by atoms with Crippen LogP contribution in [0.1, 0.15) is 41.9 Å². The first-order valence-electron chi connectivity index (χ1n) is 6.37. The van der Waals surface area contributed by atoms with Gasteiger partial charge in [0.05, 0.1) is 5.56 Å². The molecular formula is C14H19NO3S. The molecule has 19 heavy (non-hydrogen) atoms. The predicted molar refractivity (Wildman–Crippen MR) is 77.5 cm³/mol. The van der Waals surface area contributed by atoms with E-state index >= 15 is 0 Å². The lowest BCUT2D eigenvalue weighted by molar-refractivity contribution is -0.131. The van der Waals surface area contributed by atoms with E-state index in [2.05, 4.69) is 6.92 Å². The highest BCUT2D eigenvalue weighted by molar-refractivity contribution is 7.11. The zero-order chi connectivity index (χ0) is 14.3. The normalized spacial score (nSPS) is 10.8. The fourth-order valence-corrected chi connectivity index (χ4v) is 2.41. The van der Waals surface area contributed by atoms with Crippen molar-refractivity contribution in [2.45, 2.75) is 26.7 Å². The van der Waals surface area contributed by atoms with Crippen LogP contribution in [-0.2, 0) is 4.79 Å². The van der Waals surface area contributed by atoms with Gasteiger partial charge in [0.15, 0.2) is 0 Å². The van der Waals surface area contributed by atoms with Crippen molar-refractivity contribution in [1.29, 1.82) is 0 Å². The average molecular weight is 281 g/mol. The minimum atomic E-state index is -0.987. The molecule has 104 valence electrons. The molecular weight excluding hydrogens is 262 g/mol. The number of carbonyl (C=O) groups excluding carboxylic acids is 1. The number of amides is 1. The van der Waals surface area contributed by atoms with Crippen LogP contribution in [0.25, 0.3) is 6.08 Å². The number of nitrogens with zero attached hydrogens (tertiary/aromatic N) is 1. The van der Waals surface area contributed by atoms with Crippen LogP contribution < -0.4 is 0 Å². The van der Waals surface area contributed by atoms with Gasteiger partial charge in [0.2, 0.25) is 0 Å². The first-order valence-corrected chi connectivity index (χ1v) is 7.25. The molecule has 0 atom stereocenters. The molecule has 0 radical (unpaired) electrons. The summed E-state index contributed by atoms with van der Waals surface area (Å²) >= 11 is 1.37. The van der Waals surface area contributed by atoms with Crippen molar-refractivity contribution < 1.29 is 14.7 Å². The van der Waals surface area contributed by atoms with Crippen LogP contribution >= 0.6 is 11.3 Å². The Morgan fingerprint density at radius 1 is 1.42 bits per heavy atom. The molecule has 0 bridgehead atoms. The SMILES string of the molecule is CCCCN(CC)C(=O)c1csc(C=CC(=O)O)c1. The molecule has 0 saturated carbocycles. The molecule has 1 amide bonds. The highest BCUT2D eigenvalue weighted by Crippen LogP contribution is 2.18. The van der Waals surface area contributed by atoms with E-state index in [0.717, 1.165) is 30.3 Å². The maximum Gasteiger partial charge on any atom is 0.328 e. The summed E-state index contributed by atoms with van der Waals surface area (Å²) in [5.41, 5.74) is 0.632. The Labute approximate surface area is 117 Å². The Morgan fingerprint density at radius 2 is 2.16 bits per heavy atom. The number of carboxylic acids is 1. The van der Waals surface area contributed by atoms with Crippen LogP contribution in [0, 0.1) is 0 Å². The monoisotopic (exact) mass is 281 g/mol. The second-order valence-electron chi connectivity index (χ2n) is 4.15. The molecule has 0 unspecified atom stereocenters. The Kier molecular flexibility index (Phi) is 6.29. The fraction of sp³-hybridized carbons (Fsp3) is 0.429. The van der Waals surface area contributed by atoms with Gasteiger partial charge in [0.25, 0.3) is 5.91 Å². The summed E-state index contributed by atoms with van der Waals surface area (Å²) in [6.07, 6.45) is 4.64. The van der Waals surface area contributed by atoms with Gasteiger partial charge in [-0.1, -0.05) is 13.3 Å². The zero-order valence-corrected chi connectivity index (χ0v) is 12.1. The Hall–Kier alpha value is -1.62. The van der Waals surface area contributed by atoms with Gasteiger partial charge in [-0.3, -0.25) is 4.79 Å². The maximum atomic E-state index is 12.2. The molecule has 1 N–H and O–H groups in total. The smallest absolute Gasteiger partial charge is 0.328 e. The van der Waals surface area contributed by atoms with E-state index in [9.17, 15) is 9.59 Å². The summed E-state index contributed by atoms with van der Waals surface area (Å²) < 4.78 is 0. The molecule has 5 heteroatoms. The standard InChI is InChI=1S/C14H19NO3S/c1-3-5-8-15(4-2)14(18)11-9-12(19-10-11)6-7-13(16)17/h6-7,9-10H,3-5,8H2,1-2H3,(H,16,17). The summed E-state index contributed by atoms with van der Waals surface area (Å²) in [4.78, 5) is 25.2. The molecule has 0 fully saturated rings. The summed E-state index contributed by atoms with van der Waals surface area (Å²) in [6.45, 7) is 5.51. The minimum Gasteiger partial charge on any atom is -0.478 e. The van der Waals surface area contributed by atoms with Crippen molar-refractivity contribution in [1.82, 2.24) is 4.90 Å². The molecule has 0 spiro atoms. The van der Waals surface area contributed by atoms with E-state index in [0.29, 0.717) is 12.1 Å². The highest BCUT2D eigenvalue weighted by Gasteiger charge is 2.14. The van der Waals surface area contributed by atoms with Crippen molar-refractivity contribution in [3.63, 3.8) is 0 Å². The molecule has 0 saturated heterocycles. The molecule has 0 aromatic carbocycles. The lowest BCUT2D eigenvalue weighted by Crippen LogP contribution is -2.31. The van der Waals surface area contributed by atoms with E-state index in [-0.39, 0.29) is 5.91 Å². The number of rotatable bonds is 7. The quantitative estimate of drug-likeness (QED) is 0.781. The van der Waals surface area contributed by atoms with E-state index in [1.807, 2.05) is 11.8 Å². The number of aliphatic carboxylic acids is 1. The topological polar surface area (TPSA) is 57.6 Å². The number of unbranched alkanes of at least 4 members (excludes halogenated alkanes) is 1. The third-order valence-electron chi connectivity index (χ3n) is 2.71. The van der Waals surface area contributed by atoms with Crippen LogP contribution in [0.2, 0.25) is 0 Å². The average Bonchev–Trinajstić information content (AvgIpc) is 2.85. The molecule has 0 aliphatic heterocycles. The van der Waals surface area contributed by atoms with Gasteiger partial charge in [0, 0.05) is 29.4 Å². The number of thiophene rings is 1. The first kappa shape index (κ1) is 15.4. The van der Waals surface area contributed by atoms with Gasteiger partial charge in [-0.05, 0) is 25.5 Å². The zero-order valence-electron chi connectivity index (χ0n) is 11.3. The second kappa shape index (κ2) is 7.74. The molecule has 4 nitrogen and oxygen atoms in total. The summed E-state index contributed by atoms with van der Waals surface area (Å²) in [7, 11) is 0. The van der Waals surface area contributed by atoms with Gasteiger partial charge < -0.3 is 10.0 Å². The lowest BCUT2D eigenvalue weighted by Gasteiger charge is -2.19. The van der Waals surface area contributed by atoms with E-state index in [4.69, 9.17) is 5.11 Å². The van der Waals surface area contributed by atoms with Crippen molar-refractivity contribution in [2.75, 3.05) is 13.1 Å². The van der Waals surface area contributed by atoms with Gasteiger partial charge in [-0.2, -0.15) is 0 Å². The van der Waals surface area contributed by atoms with Crippen LogP contribution in [0.5, 0.6) is 0 Å². The molecule has 1 rings (SSSR count). The number of hydrogen-bond acceptors (Lipinski definition) is 3. The second-order valence-corrected chi connectivity index (χ2v) is 5.09. The summed E-state index contributed by atoms with van der Waals surface area (Å²) in [6, 6.07) is 1.74. The summed E-state index contributed by atoms with van der Waals surface area (Å²) in [5.74, 6) is -0.971. The molecule has 0 aliphatic rings. The largest absolute Gasteiger partial charge is 0.478 e. The third kappa shape index (κ3) is 4.87. The first-order chi connectivity index (χ1) is 9.08. The van der Waals surface area contributed by atoms with Gasteiger partial charge in [0.1, 0.15) is 0 Å². The highest BCUT2D eigenvalue weighted by atomic mass is 32.1. The Balaban J connectivity index is 2.73. The van der Waals surface area contributed by atoms with Crippen molar-refractivity contribution in [3.8, 4) is 0 Å². The van der Waals surface area contributed by atoms with Crippen molar-refractivity contribution >= 4 is 29.3 Å². The Bertz CT molecular complexity index is 465. The van der Waals surface area contributed by atoms with Crippen LogP contribution in [0.15, 0.2) is 17.5 Å². The van der Waals surface area contributed by atoms with Gasteiger partial charge in [-0.25, -0.2) is 4.79 Å². The van der Waals surface area contributed by atoms with Crippen LogP contribution in [-0.4, -0.2) is 35.0 Å². The summed E-state index contributed by atoms with van der Waals surface area (Å²) in [5, 5.41) is 10.3. The number of carboxylic acid groups (broad SMARTS) is 1. The van der Waals surface area contributed by atoms with Crippen molar-refractivity contribution in [3.05, 3.63) is 28.0 Å². The Morgan fingerprint density at radius 3 is 2.74 bits per heavy atom. The number of carbonyl (C=O) groups is 2. The van der Waals surface area contributed by atoms with Crippen molar-refractivity contribution in [2.24, 2.45) is 0 Å². The lowest BCUT2D eigenvalue weighted by atomic mass is 10.2. The van der Waals surface area contributed by atoms with Gasteiger partial charge >= 0.3 is 5.97 Å². The van der Waals surface area contributed by atoms with E-state index in [1.54, 1.807) is 11.4 Å². The number of hydrogen-bond donors (Lipinski definition) is 1. The predicted octanol–water partition coefficient (Wildman–Crippen LogP) is 3.11. The maximum absolute atomic E-state index is 12.2. The van der Waals surface area contributed by atoms with E-state index < -0.39 is 5.97 Å². The van der Waals surface area contributed by atoms with E-state index in [1.165, 1.54) is 17.4 Å². The van der Waals surface area contributed by atoms with Crippen LogP contribution in [0.3, 0.4) is 0 Å². The molecule has 1 aromatic heterocycles. The third-order valence-corrected chi connectivity index (χ3v) is 3.61. The molecule has 1 heterocycles. The fourth-order valence-electron chi connectivity index (χ4n) is 1.64. The minimum absolute atomic E-state index is 0.0159. The van der Waals surface area contributed by atoms with Crippen LogP contribution in [0.4, 0.5) is 0 Å².